The molecule has 0 spiro atoms. The highest BCUT2D eigenvalue weighted by Gasteiger charge is 2.31. The number of benzene rings is 4. The van der Waals surface area contributed by atoms with Crippen LogP contribution in [0.3, 0.4) is 0 Å². The van der Waals surface area contributed by atoms with Gasteiger partial charge >= 0.3 is 11.5 Å². The molecule has 18 nitrogen and oxygen atoms in total. The maximum atomic E-state index is 14.8. The van der Waals surface area contributed by atoms with Crippen LogP contribution in [0.5, 0.6) is 0 Å². The molecular weight excluding hydrogens is 1120 g/mol. The third-order valence-corrected chi connectivity index (χ3v) is 16.9. The molecule has 25 heteroatoms. The van der Waals surface area contributed by atoms with Gasteiger partial charge in [0.1, 0.15) is 21.6 Å². The van der Waals surface area contributed by atoms with Crippen molar-refractivity contribution in [1.29, 1.82) is 0 Å². The third-order valence-electron chi connectivity index (χ3n) is 11.1. The molecule has 4 aromatic carbocycles. The summed E-state index contributed by atoms with van der Waals surface area (Å²) in [6.07, 6.45) is 4.21. The van der Waals surface area contributed by atoms with Crippen molar-refractivity contribution in [3.63, 3.8) is 0 Å². The molecule has 6 aromatic rings. The summed E-state index contributed by atoms with van der Waals surface area (Å²) in [5.74, 6) is -1.28. The highest BCUT2D eigenvalue weighted by atomic mass is 35.5. The average Bonchev–Trinajstić information content (AvgIpc) is 4.20. The Morgan fingerprint density at radius 2 is 1.09 bits per heavy atom. The van der Waals surface area contributed by atoms with Gasteiger partial charge in [-0.25, -0.2) is 54.6 Å². The van der Waals surface area contributed by atoms with Gasteiger partial charge in [0.25, 0.3) is 0 Å². The summed E-state index contributed by atoms with van der Waals surface area (Å²) in [6, 6.07) is 18.6. The number of hydrogen-bond acceptors (Lipinski definition) is 15. The molecule has 79 heavy (non-hydrogen) atoms. The van der Waals surface area contributed by atoms with E-state index in [0.717, 1.165) is 6.42 Å². The predicted octanol–water partition coefficient (Wildman–Crippen LogP) is 11.9. The van der Waals surface area contributed by atoms with Gasteiger partial charge in [0.05, 0.1) is 43.1 Å². The molecule has 0 aliphatic carbocycles. The van der Waals surface area contributed by atoms with Gasteiger partial charge in [0, 0.05) is 94.6 Å². The molecule has 0 radical (unpaired) electrons. The van der Waals surface area contributed by atoms with E-state index in [1.807, 2.05) is 0 Å². The first-order valence-corrected chi connectivity index (χ1v) is 29.9. The van der Waals surface area contributed by atoms with Crippen molar-refractivity contribution in [2.75, 3.05) is 33.9 Å². The molecule has 5 N–H and O–H groups in total. The molecule has 0 atom stereocenters. The maximum Gasteiger partial charge on any atom is 0.411 e. The molecule has 3 amide bonds. The van der Waals surface area contributed by atoms with Gasteiger partial charge in [-0.15, -0.1) is 22.7 Å². The number of amides is 3. The van der Waals surface area contributed by atoms with Crippen molar-refractivity contribution in [3.8, 4) is 42.0 Å². The first-order valence-electron chi connectivity index (χ1n) is 24.9. The van der Waals surface area contributed by atoms with Crippen LogP contribution in [0.1, 0.15) is 94.9 Å². The van der Waals surface area contributed by atoms with Gasteiger partial charge in [-0.3, -0.25) is 14.9 Å². The van der Waals surface area contributed by atoms with Crippen LogP contribution in [0, 0.1) is 11.6 Å². The summed E-state index contributed by atoms with van der Waals surface area (Å²) in [4.78, 5) is 59.4. The van der Waals surface area contributed by atoms with Gasteiger partial charge in [-0.05, 0) is 143 Å². The fourth-order valence-electron chi connectivity index (χ4n) is 7.98. The molecule has 8 rings (SSSR count). The van der Waals surface area contributed by atoms with E-state index in [1.54, 1.807) is 122 Å². The Kier molecular flexibility index (Phi) is 19.8. The fraction of sp³-hybridized carbons (Fsp3) is 0.370. The summed E-state index contributed by atoms with van der Waals surface area (Å²) in [7, 11) is -7.90. The van der Waals surface area contributed by atoms with Crippen molar-refractivity contribution in [1.82, 2.24) is 19.4 Å². The number of hydrogen-bond donors (Lipinski definition) is 4. The molecule has 0 saturated carbocycles. The van der Waals surface area contributed by atoms with E-state index in [0.29, 0.717) is 85.8 Å². The van der Waals surface area contributed by atoms with Crippen LogP contribution in [-0.2, 0) is 39.1 Å². The van der Waals surface area contributed by atoms with E-state index in [9.17, 15) is 44.8 Å². The zero-order valence-electron chi connectivity index (χ0n) is 45.2. The minimum absolute atomic E-state index is 0.0271. The highest BCUT2D eigenvalue weighted by Crippen LogP contribution is 2.41. The van der Waals surface area contributed by atoms with E-state index in [1.165, 1.54) is 65.3 Å². The number of aromatic nitrogens is 2. The highest BCUT2D eigenvalue weighted by molar-refractivity contribution is 7.90. The van der Waals surface area contributed by atoms with Crippen molar-refractivity contribution in [3.05, 3.63) is 96.8 Å². The van der Waals surface area contributed by atoms with E-state index < -0.39 is 54.3 Å². The second-order valence-corrected chi connectivity index (χ2v) is 26.5. The number of thiazole rings is 2. The van der Waals surface area contributed by atoms with Crippen LogP contribution >= 0.6 is 34.3 Å². The lowest BCUT2D eigenvalue weighted by Crippen LogP contribution is -2.40. The number of nitrogen functional groups attached to an aromatic ring is 1. The number of nitrogens with one attached hydrogen (secondary N) is 3. The number of anilines is 4. The summed E-state index contributed by atoms with van der Waals surface area (Å²) >= 11 is 7.26. The summed E-state index contributed by atoms with van der Waals surface area (Å²) in [5, 5.41) is 3.37. The number of ether oxygens (including phenoxy) is 2. The molecule has 2 aliphatic rings. The third kappa shape index (κ3) is 16.8. The number of rotatable bonds is 13. The lowest BCUT2D eigenvalue weighted by molar-refractivity contribution is -0.117. The molecular formula is C54H63ClF2N8O10S4. The lowest BCUT2D eigenvalue weighted by atomic mass is 10.1. The molecule has 2 aromatic heterocycles. The molecule has 2 saturated heterocycles. The maximum absolute atomic E-state index is 14.8. The number of nitrogens with zero attached hydrogens (tertiary/aromatic N) is 4. The Labute approximate surface area is 472 Å². The van der Waals surface area contributed by atoms with Crippen LogP contribution in [0.2, 0.25) is 0 Å². The van der Waals surface area contributed by atoms with Gasteiger partial charge in [-0.2, -0.15) is 0 Å². The molecule has 2 aliphatic heterocycles. The quantitative estimate of drug-likeness (QED) is 0.0621. The van der Waals surface area contributed by atoms with Crippen molar-refractivity contribution in [2.45, 2.75) is 128 Å². The Bertz CT molecular complexity index is 3470. The first kappa shape index (κ1) is 61.8. The standard InChI is InChI=1S/C27H31FN4O5S2.C23H25FN4O3S2.C4H7ClO2/c1-16(2)37-26(34)30-21-11-8-17(13-20(21)28)25-29-15-22(38-25)19-10-9-18(32-12-6-7-24(32)33)14-23(19)39(35,36)31-27(3,4)5;1-23(2,3)27-33(30,31)20-12-15(28-10-4-5-21(28)29)7-8-16(20)19-13-26-22(32-19)14-6-9-18(25)17(24)11-14;1-3(2)7-4(5)6/h8-11,13-16,31H,6-7,12H2,1-5H3,(H,30,34);6-9,11-13,27H,4-5,10,25H2,1-3H3;3H,1-2H3. The number of carbonyl (C=O) groups excluding carboxylic acids is 4. The van der Waals surface area contributed by atoms with Crippen molar-refractivity contribution in [2.24, 2.45) is 0 Å². The topological polar surface area (TPSA) is 249 Å². The zero-order chi connectivity index (χ0) is 58.4. The van der Waals surface area contributed by atoms with Gasteiger partial charge in [-0.1, -0.05) is 12.1 Å². The summed E-state index contributed by atoms with van der Waals surface area (Å²) < 4.78 is 97.1. The zero-order valence-corrected chi connectivity index (χ0v) is 49.2. The minimum Gasteiger partial charge on any atom is -0.451 e. The first-order chi connectivity index (χ1) is 36.8. The van der Waals surface area contributed by atoms with Gasteiger partial charge < -0.3 is 25.0 Å². The molecule has 424 valence electrons. The predicted molar refractivity (Wildman–Crippen MR) is 306 cm³/mol. The van der Waals surface area contributed by atoms with Crippen LogP contribution in [0.4, 0.5) is 41.1 Å². The van der Waals surface area contributed by atoms with Crippen molar-refractivity contribution >= 4 is 100 Å². The Hall–Kier alpha value is -6.41. The molecule has 0 bridgehead atoms. The van der Waals surface area contributed by atoms with Crippen molar-refractivity contribution < 1.29 is 54.3 Å². The number of halogens is 3. The largest absolute Gasteiger partial charge is 0.451 e. The van der Waals surface area contributed by atoms with E-state index in [4.69, 9.17) is 22.1 Å². The second kappa shape index (κ2) is 25.4. The fourth-order valence-corrected chi connectivity index (χ4v) is 13.5. The lowest BCUT2D eigenvalue weighted by Gasteiger charge is -2.23. The monoisotopic (exact) mass is 1180 g/mol. The van der Waals surface area contributed by atoms with Crippen LogP contribution in [-0.4, -0.2) is 86.5 Å². The Balaban J connectivity index is 0.000000230. The van der Waals surface area contributed by atoms with Crippen LogP contribution < -0.4 is 30.3 Å². The Morgan fingerprint density at radius 1 is 0.658 bits per heavy atom. The smallest absolute Gasteiger partial charge is 0.411 e. The Morgan fingerprint density at radius 3 is 1.44 bits per heavy atom. The minimum atomic E-state index is -3.98. The normalized spacial score (nSPS) is 14.0. The van der Waals surface area contributed by atoms with Gasteiger partial charge in [0.2, 0.25) is 31.9 Å². The summed E-state index contributed by atoms with van der Waals surface area (Å²) in [5.41, 5.74) is 6.35. The van der Waals surface area contributed by atoms with E-state index in [-0.39, 0.29) is 45.2 Å². The molecule has 2 fully saturated rings. The molecule has 0 unspecified atom stereocenters. The number of sulfonamides is 2. The molecule has 4 heterocycles. The van der Waals surface area contributed by atoms with E-state index in [2.05, 4.69) is 29.5 Å². The van der Waals surface area contributed by atoms with E-state index >= 15 is 0 Å². The number of carbonyl (C=O) groups is 4. The van der Waals surface area contributed by atoms with Crippen LogP contribution in [0.25, 0.3) is 42.0 Å². The average molecular weight is 1190 g/mol. The summed E-state index contributed by atoms with van der Waals surface area (Å²) in [6.45, 7) is 18.5. The van der Waals surface area contributed by atoms with Gasteiger partial charge in [0.15, 0.2) is 0 Å². The SMILES string of the molecule is CC(C)(C)NS(=O)(=O)c1cc(N2CCCC2=O)ccc1-c1cnc(-c2ccc(N)c(F)c2)s1.CC(C)OC(=O)Cl.CC(C)OC(=O)Nc1ccc(-c2ncc(-c3ccc(N4CCCC4=O)cc3S(=O)(=O)NC(C)(C)C)s2)cc1F. The second-order valence-electron chi connectivity index (χ2n) is 20.8. The number of nitrogens with two attached hydrogens (primary N) is 1. The van der Waals surface area contributed by atoms with Crippen LogP contribution in [0.15, 0.2) is 95.0 Å².